The zero-order valence-corrected chi connectivity index (χ0v) is 11.3. The summed E-state index contributed by atoms with van der Waals surface area (Å²) in [4.78, 5) is 27.6. The maximum atomic E-state index is 12.0. The van der Waals surface area contributed by atoms with Crippen LogP contribution < -0.4 is 5.32 Å². The van der Waals surface area contributed by atoms with Crippen LogP contribution in [-0.4, -0.2) is 39.4 Å². The number of thiazole rings is 1. The Morgan fingerprint density at radius 1 is 1.42 bits per heavy atom. The number of rotatable bonds is 2. The van der Waals surface area contributed by atoms with E-state index in [4.69, 9.17) is 0 Å². The van der Waals surface area contributed by atoms with Crippen LogP contribution in [0.1, 0.15) is 20.9 Å². The van der Waals surface area contributed by atoms with Crippen molar-refractivity contribution in [2.24, 2.45) is 0 Å². The summed E-state index contributed by atoms with van der Waals surface area (Å²) in [5.41, 5.74) is 1.54. The smallest absolute Gasteiger partial charge is 0.260 e. The zero-order valence-electron chi connectivity index (χ0n) is 10.5. The molecule has 3 rings (SSSR count). The summed E-state index contributed by atoms with van der Waals surface area (Å²) in [6.45, 7) is 1.91. The van der Waals surface area contributed by atoms with E-state index in [9.17, 15) is 4.79 Å². The Morgan fingerprint density at radius 3 is 3.00 bits per heavy atom. The van der Waals surface area contributed by atoms with Crippen molar-refractivity contribution in [1.82, 2.24) is 19.9 Å². The minimum Gasteiger partial charge on any atom is -0.301 e. The fourth-order valence-corrected chi connectivity index (χ4v) is 3.05. The highest BCUT2D eigenvalue weighted by Gasteiger charge is 2.19. The first-order chi connectivity index (χ1) is 9.22. The monoisotopic (exact) mass is 275 g/mol. The van der Waals surface area contributed by atoms with Crippen molar-refractivity contribution in [2.75, 3.05) is 18.9 Å². The van der Waals surface area contributed by atoms with E-state index in [1.165, 1.54) is 34.9 Å². The quantitative estimate of drug-likeness (QED) is 0.891. The average Bonchev–Trinajstić information content (AvgIpc) is 2.81. The van der Waals surface area contributed by atoms with Gasteiger partial charge in [0.2, 0.25) is 0 Å². The van der Waals surface area contributed by atoms with Crippen LogP contribution in [-0.2, 0) is 13.0 Å². The van der Waals surface area contributed by atoms with E-state index < -0.39 is 0 Å². The molecule has 0 unspecified atom stereocenters. The first-order valence-electron chi connectivity index (χ1n) is 5.96. The minimum absolute atomic E-state index is 0.222. The van der Waals surface area contributed by atoms with Crippen LogP contribution in [0.2, 0.25) is 0 Å². The van der Waals surface area contributed by atoms with Crippen molar-refractivity contribution < 1.29 is 4.79 Å². The number of anilines is 1. The summed E-state index contributed by atoms with van der Waals surface area (Å²) in [5, 5.41) is 3.45. The fourth-order valence-electron chi connectivity index (χ4n) is 1.96. The Balaban J connectivity index is 1.76. The van der Waals surface area contributed by atoms with Crippen molar-refractivity contribution >= 4 is 22.4 Å². The van der Waals surface area contributed by atoms with Gasteiger partial charge < -0.3 is 4.90 Å². The average molecular weight is 275 g/mol. The van der Waals surface area contributed by atoms with Crippen molar-refractivity contribution in [3.05, 3.63) is 34.9 Å². The van der Waals surface area contributed by atoms with E-state index in [0.29, 0.717) is 10.7 Å². The molecule has 0 aliphatic carbocycles. The van der Waals surface area contributed by atoms with Gasteiger partial charge in [0.25, 0.3) is 5.91 Å². The van der Waals surface area contributed by atoms with Crippen LogP contribution in [0.5, 0.6) is 0 Å². The second kappa shape index (κ2) is 5.02. The van der Waals surface area contributed by atoms with E-state index in [-0.39, 0.29) is 5.91 Å². The number of fused-ring (bicyclic) bond motifs is 1. The molecule has 0 bridgehead atoms. The molecule has 0 spiro atoms. The first-order valence-corrected chi connectivity index (χ1v) is 6.77. The van der Waals surface area contributed by atoms with Crippen molar-refractivity contribution in [3.63, 3.8) is 0 Å². The number of carbonyl (C=O) groups excluding carboxylic acids is 1. The zero-order chi connectivity index (χ0) is 13.2. The molecule has 98 valence electrons. The largest absolute Gasteiger partial charge is 0.301 e. The number of nitrogens with zero attached hydrogens (tertiary/aromatic N) is 4. The summed E-state index contributed by atoms with van der Waals surface area (Å²) < 4.78 is 0. The molecular formula is C12H13N5OS. The second-order valence-electron chi connectivity index (χ2n) is 4.46. The topological polar surface area (TPSA) is 71.0 Å². The summed E-state index contributed by atoms with van der Waals surface area (Å²) >= 11 is 1.54. The van der Waals surface area contributed by atoms with Crippen LogP contribution >= 0.6 is 11.3 Å². The Bertz CT molecular complexity index is 597. The lowest BCUT2D eigenvalue weighted by molar-refractivity contribution is 0.102. The Morgan fingerprint density at radius 2 is 2.21 bits per heavy atom. The molecule has 0 saturated carbocycles. The third-order valence-electron chi connectivity index (χ3n) is 2.97. The van der Waals surface area contributed by atoms with Gasteiger partial charge in [-0.1, -0.05) is 0 Å². The van der Waals surface area contributed by atoms with Crippen LogP contribution in [0, 0.1) is 0 Å². The van der Waals surface area contributed by atoms with Crippen LogP contribution in [0.15, 0.2) is 18.7 Å². The van der Waals surface area contributed by atoms with Crippen molar-refractivity contribution in [1.29, 1.82) is 0 Å². The van der Waals surface area contributed by atoms with Gasteiger partial charge in [-0.3, -0.25) is 10.1 Å². The molecule has 0 radical (unpaired) electrons. The molecule has 0 saturated heterocycles. The summed E-state index contributed by atoms with van der Waals surface area (Å²) in [7, 11) is 2.09. The van der Waals surface area contributed by atoms with E-state index in [1.54, 1.807) is 0 Å². The lowest BCUT2D eigenvalue weighted by Crippen LogP contribution is -2.25. The van der Waals surface area contributed by atoms with Gasteiger partial charge in [0.15, 0.2) is 5.13 Å². The molecular weight excluding hydrogens is 262 g/mol. The number of likely N-dealkylation sites (N-methyl/N-ethyl adjacent to an activating group) is 1. The molecule has 7 heteroatoms. The highest BCUT2D eigenvalue weighted by atomic mass is 32.1. The van der Waals surface area contributed by atoms with Gasteiger partial charge in [0, 0.05) is 36.8 Å². The molecule has 0 atom stereocenters. The maximum Gasteiger partial charge on any atom is 0.260 e. The molecule has 1 aliphatic heterocycles. The lowest BCUT2D eigenvalue weighted by atomic mass is 10.2. The Hall–Kier alpha value is -1.86. The second-order valence-corrected chi connectivity index (χ2v) is 5.54. The third kappa shape index (κ3) is 2.61. The van der Waals surface area contributed by atoms with Gasteiger partial charge in [0.1, 0.15) is 6.33 Å². The number of nitrogens with one attached hydrogen (secondary N) is 1. The Kier molecular flexibility index (Phi) is 3.22. The third-order valence-corrected chi connectivity index (χ3v) is 3.96. The van der Waals surface area contributed by atoms with Crippen LogP contribution in [0.3, 0.4) is 0 Å². The summed E-state index contributed by atoms with van der Waals surface area (Å²) in [6, 6.07) is 0. The Labute approximate surface area is 114 Å². The van der Waals surface area contributed by atoms with Crippen LogP contribution in [0.25, 0.3) is 0 Å². The van der Waals surface area contributed by atoms with Gasteiger partial charge >= 0.3 is 0 Å². The standard InChI is InChI=1S/C12H13N5OS/c1-17-3-2-9-10(6-17)19-12(15-9)16-11(18)8-4-13-7-14-5-8/h4-5,7H,2-3,6H2,1H3,(H,15,16,18). The van der Waals surface area contributed by atoms with Gasteiger partial charge in [-0.25, -0.2) is 15.0 Å². The molecule has 1 N–H and O–H groups in total. The molecule has 19 heavy (non-hydrogen) atoms. The van der Waals surface area contributed by atoms with Gasteiger partial charge in [0.05, 0.1) is 11.3 Å². The SMILES string of the molecule is CN1CCc2nc(NC(=O)c3cncnc3)sc2C1. The number of hydrogen-bond donors (Lipinski definition) is 1. The van der Waals surface area contributed by atoms with E-state index in [2.05, 4.69) is 32.2 Å². The molecule has 0 fully saturated rings. The van der Waals surface area contributed by atoms with E-state index in [1.807, 2.05) is 0 Å². The highest BCUT2D eigenvalue weighted by molar-refractivity contribution is 7.15. The predicted octanol–water partition coefficient (Wildman–Crippen LogP) is 1.17. The predicted molar refractivity (Wildman–Crippen MR) is 72.1 cm³/mol. The van der Waals surface area contributed by atoms with E-state index >= 15 is 0 Å². The van der Waals surface area contributed by atoms with E-state index in [0.717, 1.165) is 25.2 Å². The highest BCUT2D eigenvalue weighted by Crippen LogP contribution is 2.27. The normalized spacial score (nSPS) is 15.0. The number of carbonyl (C=O) groups is 1. The number of aromatic nitrogens is 3. The first kappa shape index (κ1) is 12.2. The van der Waals surface area contributed by atoms with Gasteiger partial charge in [-0.05, 0) is 7.05 Å². The summed E-state index contributed by atoms with van der Waals surface area (Å²) in [5.74, 6) is -0.222. The van der Waals surface area contributed by atoms with Crippen LogP contribution in [0.4, 0.5) is 5.13 Å². The van der Waals surface area contributed by atoms with Gasteiger partial charge in [-0.2, -0.15) is 0 Å². The number of hydrogen-bond acceptors (Lipinski definition) is 6. The van der Waals surface area contributed by atoms with Crippen molar-refractivity contribution in [3.8, 4) is 0 Å². The molecule has 2 aromatic heterocycles. The molecule has 1 amide bonds. The molecule has 2 aromatic rings. The molecule has 6 nitrogen and oxygen atoms in total. The fraction of sp³-hybridized carbons (Fsp3) is 0.333. The summed E-state index contributed by atoms with van der Waals surface area (Å²) in [6.07, 6.45) is 5.31. The minimum atomic E-state index is -0.222. The molecule has 3 heterocycles. The molecule has 1 aliphatic rings. The maximum absolute atomic E-state index is 12.0. The van der Waals surface area contributed by atoms with Crippen molar-refractivity contribution in [2.45, 2.75) is 13.0 Å². The van der Waals surface area contributed by atoms with Gasteiger partial charge in [-0.15, -0.1) is 11.3 Å². The molecule has 0 aromatic carbocycles. The lowest BCUT2D eigenvalue weighted by Gasteiger charge is -2.20. The number of amides is 1.